The summed E-state index contributed by atoms with van der Waals surface area (Å²) in [5.74, 6) is 0.0744. The van der Waals surface area contributed by atoms with Crippen molar-refractivity contribution in [3.8, 4) is 0 Å². The number of hydrogen-bond donors (Lipinski definition) is 0. The Kier molecular flexibility index (Phi) is 5.49. The molecule has 0 bridgehead atoms. The molecule has 1 aromatic rings. The van der Waals surface area contributed by atoms with Crippen molar-refractivity contribution in [2.75, 3.05) is 18.6 Å². The van der Waals surface area contributed by atoms with Crippen molar-refractivity contribution in [1.29, 1.82) is 0 Å². The molecule has 0 aliphatic carbocycles. The van der Waals surface area contributed by atoms with Gasteiger partial charge >= 0.3 is 5.97 Å². The van der Waals surface area contributed by atoms with Gasteiger partial charge in [0.2, 0.25) is 0 Å². The van der Waals surface area contributed by atoms with Crippen molar-refractivity contribution in [3.63, 3.8) is 0 Å². The van der Waals surface area contributed by atoms with E-state index in [9.17, 15) is 4.79 Å². The van der Waals surface area contributed by atoms with Gasteiger partial charge in [-0.15, -0.1) is 0 Å². The summed E-state index contributed by atoms with van der Waals surface area (Å²) >= 11 is 2.83. The fourth-order valence-corrected chi connectivity index (χ4v) is 1.91. The summed E-state index contributed by atoms with van der Waals surface area (Å²) in [6, 6.07) is 1.78. The average molecular weight is 244 g/mol. The lowest BCUT2D eigenvalue weighted by Gasteiger charge is -2.01. The van der Waals surface area contributed by atoms with Gasteiger partial charge in [-0.2, -0.15) is 0 Å². The molecule has 0 unspecified atom stereocenters. The minimum absolute atomic E-state index is 0.216. The van der Waals surface area contributed by atoms with E-state index in [-0.39, 0.29) is 5.97 Å². The van der Waals surface area contributed by atoms with Crippen LogP contribution in [0.4, 0.5) is 0 Å². The van der Waals surface area contributed by atoms with Gasteiger partial charge in [-0.25, -0.2) is 9.97 Å². The highest BCUT2D eigenvalue weighted by Crippen LogP contribution is 2.17. The maximum Gasteiger partial charge on any atom is 0.316 e. The number of thioether (sulfide) groups is 2. The summed E-state index contributed by atoms with van der Waals surface area (Å²) in [5.41, 5.74) is 0. The maximum atomic E-state index is 11.1. The summed E-state index contributed by atoms with van der Waals surface area (Å²) in [7, 11) is 0. The normalized spacial score (nSPS) is 10.0. The molecule has 0 fully saturated rings. The van der Waals surface area contributed by atoms with Crippen molar-refractivity contribution in [2.45, 2.75) is 17.1 Å². The lowest BCUT2D eigenvalue weighted by molar-refractivity contribution is -0.139. The Hall–Kier alpha value is -0.750. The SMILES string of the molecule is CCOC(=O)CSc1ccnc(SC)n1. The highest BCUT2D eigenvalue weighted by atomic mass is 32.2. The number of ether oxygens (including phenoxy) is 1. The van der Waals surface area contributed by atoms with Crippen molar-refractivity contribution in [3.05, 3.63) is 12.3 Å². The molecule has 1 heterocycles. The Labute approximate surface area is 97.2 Å². The second-order valence-electron chi connectivity index (χ2n) is 2.48. The quantitative estimate of drug-likeness (QED) is 0.341. The first-order chi connectivity index (χ1) is 7.26. The molecule has 6 heteroatoms. The van der Waals surface area contributed by atoms with E-state index < -0.39 is 0 Å². The minimum atomic E-state index is -0.216. The lowest BCUT2D eigenvalue weighted by atomic mass is 10.7. The van der Waals surface area contributed by atoms with Crippen LogP contribution in [-0.4, -0.2) is 34.6 Å². The molecule has 1 aromatic heterocycles. The molecule has 82 valence electrons. The van der Waals surface area contributed by atoms with Crippen LogP contribution in [0.2, 0.25) is 0 Å². The Morgan fingerprint density at radius 2 is 2.40 bits per heavy atom. The standard InChI is InChI=1S/C9H12N2O2S2/c1-3-13-8(12)6-15-7-4-5-10-9(11-7)14-2/h4-5H,3,6H2,1-2H3. The van der Waals surface area contributed by atoms with Crippen LogP contribution in [-0.2, 0) is 9.53 Å². The summed E-state index contributed by atoms with van der Waals surface area (Å²) in [6.45, 7) is 2.21. The van der Waals surface area contributed by atoms with Gasteiger partial charge in [0, 0.05) is 6.20 Å². The third-order valence-corrected chi connectivity index (χ3v) is 2.90. The first-order valence-corrected chi connectivity index (χ1v) is 6.62. The van der Waals surface area contributed by atoms with E-state index in [0.717, 1.165) is 5.03 Å². The van der Waals surface area contributed by atoms with Gasteiger partial charge in [0.05, 0.1) is 12.4 Å². The van der Waals surface area contributed by atoms with Gasteiger partial charge in [0.25, 0.3) is 0 Å². The number of carbonyl (C=O) groups excluding carboxylic acids is 1. The molecule has 4 nitrogen and oxygen atoms in total. The van der Waals surface area contributed by atoms with Crippen LogP contribution in [0.5, 0.6) is 0 Å². The summed E-state index contributed by atoms with van der Waals surface area (Å²) in [4.78, 5) is 19.4. The molecule has 0 radical (unpaired) electrons. The predicted octanol–water partition coefficient (Wildman–Crippen LogP) is 1.85. The Bertz CT molecular complexity index is 334. The molecule has 0 amide bonds. The summed E-state index contributed by atoms with van der Waals surface area (Å²) in [6.07, 6.45) is 3.60. The Balaban J connectivity index is 2.46. The number of aromatic nitrogens is 2. The third-order valence-electron chi connectivity index (χ3n) is 1.43. The van der Waals surface area contributed by atoms with Crippen LogP contribution in [0.25, 0.3) is 0 Å². The molecule has 1 rings (SSSR count). The molecule has 0 atom stereocenters. The predicted molar refractivity (Wildman–Crippen MR) is 61.2 cm³/mol. The summed E-state index contributed by atoms with van der Waals surface area (Å²) < 4.78 is 4.81. The van der Waals surface area contributed by atoms with Gasteiger partial charge in [-0.1, -0.05) is 23.5 Å². The molecular formula is C9H12N2O2S2. The van der Waals surface area contributed by atoms with Crippen molar-refractivity contribution < 1.29 is 9.53 Å². The monoisotopic (exact) mass is 244 g/mol. The Morgan fingerprint density at radius 3 is 3.07 bits per heavy atom. The van der Waals surface area contributed by atoms with Crippen molar-refractivity contribution in [1.82, 2.24) is 9.97 Å². The second-order valence-corrected chi connectivity index (χ2v) is 4.24. The zero-order valence-corrected chi connectivity index (χ0v) is 10.2. The fraction of sp³-hybridized carbons (Fsp3) is 0.444. The van der Waals surface area contributed by atoms with Gasteiger partial charge in [0.1, 0.15) is 5.03 Å². The first kappa shape index (κ1) is 12.3. The van der Waals surface area contributed by atoms with E-state index in [1.165, 1.54) is 23.5 Å². The van der Waals surface area contributed by atoms with Crippen LogP contribution >= 0.6 is 23.5 Å². The molecule has 15 heavy (non-hydrogen) atoms. The van der Waals surface area contributed by atoms with Gasteiger partial charge in [0.15, 0.2) is 5.16 Å². The van der Waals surface area contributed by atoms with Crippen molar-refractivity contribution >= 4 is 29.5 Å². The van der Waals surface area contributed by atoms with E-state index in [1.54, 1.807) is 19.2 Å². The molecule has 0 aliphatic heterocycles. The van der Waals surface area contributed by atoms with E-state index in [0.29, 0.717) is 17.5 Å². The topological polar surface area (TPSA) is 52.1 Å². The van der Waals surface area contributed by atoms with Crippen LogP contribution in [0.15, 0.2) is 22.4 Å². The zero-order valence-electron chi connectivity index (χ0n) is 8.60. The van der Waals surface area contributed by atoms with E-state index >= 15 is 0 Å². The van der Waals surface area contributed by atoms with Crippen LogP contribution in [0.1, 0.15) is 6.92 Å². The molecule has 0 N–H and O–H groups in total. The summed E-state index contributed by atoms with van der Waals surface area (Å²) in [5, 5.41) is 1.51. The fourth-order valence-electron chi connectivity index (χ4n) is 0.839. The van der Waals surface area contributed by atoms with Gasteiger partial charge < -0.3 is 4.74 Å². The van der Waals surface area contributed by atoms with Crippen LogP contribution in [0.3, 0.4) is 0 Å². The first-order valence-electron chi connectivity index (χ1n) is 4.41. The average Bonchev–Trinajstić information content (AvgIpc) is 2.27. The van der Waals surface area contributed by atoms with E-state index in [2.05, 4.69) is 9.97 Å². The van der Waals surface area contributed by atoms with E-state index in [1.807, 2.05) is 6.26 Å². The molecule has 0 saturated heterocycles. The number of carbonyl (C=O) groups is 1. The Morgan fingerprint density at radius 1 is 1.60 bits per heavy atom. The third kappa shape index (κ3) is 4.53. The molecule has 0 aromatic carbocycles. The number of nitrogens with zero attached hydrogens (tertiary/aromatic N) is 2. The van der Waals surface area contributed by atoms with Gasteiger partial charge in [-0.05, 0) is 19.2 Å². The molecular weight excluding hydrogens is 232 g/mol. The molecule has 0 spiro atoms. The van der Waals surface area contributed by atoms with Gasteiger partial charge in [-0.3, -0.25) is 4.79 Å². The molecule has 0 saturated carbocycles. The number of hydrogen-bond acceptors (Lipinski definition) is 6. The number of rotatable bonds is 5. The van der Waals surface area contributed by atoms with E-state index in [4.69, 9.17) is 4.74 Å². The maximum absolute atomic E-state index is 11.1. The van der Waals surface area contributed by atoms with Crippen LogP contribution < -0.4 is 0 Å². The smallest absolute Gasteiger partial charge is 0.316 e. The lowest BCUT2D eigenvalue weighted by Crippen LogP contribution is -2.06. The molecule has 0 aliphatic rings. The largest absolute Gasteiger partial charge is 0.465 e. The number of esters is 1. The zero-order chi connectivity index (χ0) is 11.1. The minimum Gasteiger partial charge on any atom is -0.465 e. The second kappa shape index (κ2) is 6.68. The van der Waals surface area contributed by atoms with Crippen molar-refractivity contribution in [2.24, 2.45) is 0 Å². The van der Waals surface area contributed by atoms with Crippen LogP contribution in [0, 0.1) is 0 Å². The highest BCUT2D eigenvalue weighted by Gasteiger charge is 2.04. The highest BCUT2D eigenvalue weighted by molar-refractivity contribution is 8.00.